The molecule has 0 radical (unpaired) electrons. The maximum Gasteiger partial charge on any atom is 0.233 e. The summed E-state index contributed by atoms with van der Waals surface area (Å²) in [7, 11) is 1.72. The Morgan fingerprint density at radius 3 is 2.35 bits per heavy atom. The monoisotopic (exact) mass is 478 g/mol. The Morgan fingerprint density at radius 2 is 1.65 bits per heavy atom. The van der Waals surface area contributed by atoms with Crippen LogP contribution >= 0.6 is 11.8 Å². The largest absolute Gasteiger partial charge is 0.338 e. The van der Waals surface area contributed by atoms with E-state index in [0.29, 0.717) is 23.1 Å². The van der Waals surface area contributed by atoms with E-state index in [1.165, 1.54) is 30.0 Å². The molecule has 4 aromatic rings. The van der Waals surface area contributed by atoms with Gasteiger partial charge in [0.05, 0.1) is 23.9 Å². The standard InChI is InChI=1S/C26H24F2N4OS/c1-18(20-12-14-21(27)15-13-20)31(2)24(33)17-34-26-30-29-25(22-10-6-7-11-23(22)28)32(26)16-19-8-4-3-5-9-19/h3-15,18H,16-17H2,1-2H3. The maximum atomic E-state index is 14.5. The van der Waals surface area contributed by atoms with Crippen molar-refractivity contribution in [3.8, 4) is 11.4 Å². The van der Waals surface area contributed by atoms with Crippen molar-refractivity contribution >= 4 is 17.7 Å². The highest BCUT2D eigenvalue weighted by atomic mass is 32.2. The van der Waals surface area contributed by atoms with Crippen LogP contribution in [-0.2, 0) is 11.3 Å². The lowest BCUT2D eigenvalue weighted by Gasteiger charge is -2.25. The molecule has 1 atom stereocenters. The molecular weight excluding hydrogens is 454 g/mol. The summed E-state index contributed by atoms with van der Waals surface area (Å²) < 4.78 is 29.6. The van der Waals surface area contributed by atoms with Crippen molar-refractivity contribution in [3.05, 3.63) is 102 Å². The molecule has 0 aliphatic heterocycles. The van der Waals surface area contributed by atoms with Crippen molar-refractivity contribution in [1.29, 1.82) is 0 Å². The molecule has 0 saturated heterocycles. The maximum absolute atomic E-state index is 14.5. The summed E-state index contributed by atoms with van der Waals surface area (Å²) in [6.07, 6.45) is 0. The molecule has 1 amide bonds. The van der Waals surface area contributed by atoms with Gasteiger partial charge in [0.15, 0.2) is 11.0 Å². The van der Waals surface area contributed by atoms with Gasteiger partial charge in [-0.1, -0.05) is 66.4 Å². The van der Waals surface area contributed by atoms with Gasteiger partial charge in [0.25, 0.3) is 0 Å². The second-order valence-corrected chi connectivity index (χ2v) is 8.82. The first kappa shape index (κ1) is 23.6. The van der Waals surface area contributed by atoms with Gasteiger partial charge < -0.3 is 4.90 Å². The number of thioether (sulfide) groups is 1. The number of nitrogens with zero attached hydrogens (tertiary/aromatic N) is 4. The van der Waals surface area contributed by atoms with E-state index in [-0.39, 0.29) is 29.3 Å². The van der Waals surface area contributed by atoms with Crippen LogP contribution in [0.25, 0.3) is 11.4 Å². The van der Waals surface area contributed by atoms with Crippen LogP contribution in [0.5, 0.6) is 0 Å². The summed E-state index contributed by atoms with van der Waals surface area (Å²) in [6, 6.07) is 22.1. The van der Waals surface area contributed by atoms with Crippen LogP contribution in [0.15, 0.2) is 84.0 Å². The summed E-state index contributed by atoms with van der Waals surface area (Å²) >= 11 is 1.25. The van der Waals surface area contributed by atoms with Crippen LogP contribution in [-0.4, -0.2) is 38.4 Å². The molecule has 0 fully saturated rings. The molecular formula is C26H24F2N4OS. The number of carbonyl (C=O) groups is 1. The molecule has 1 heterocycles. The van der Waals surface area contributed by atoms with E-state index in [9.17, 15) is 13.6 Å². The van der Waals surface area contributed by atoms with E-state index >= 15 is 0 Å². The average molecular weight is 479 g/mol. The van der Waals surface area contributed by atoms with Crippen molar-refractivity contribution in [2.24, 2.45) is 0 Å². The number of amides is 1. The number of benzene rings is 3. The Balaban J connectivity index is 1.54. The lowest BCUT2D eigenvalue weighted by Crippen LogP contribution is -2.31. The molecule has 0 N–H and O–H groups in total. The van der Waals surface area contributed by atoms with E-state index in [4.69, 9.17) is 0 Å². The Morgan fingerprint density at radius 1 is 0.971 bits per heavy atom. The predicted molar refractivity (Wildman–Crippen MR) is 129 cm³/mol. The Bertz CT molecular complexity index is 1260. The fourth-order valence-electron chi connectivity index (χ4n) is 3.55. The minimum absolute atomic E-state index is 0.108. The van der Waals surface area contributed by atoms with E-state index in [0.717, 1.165) is 11.1 Å². The van der Waals surface area contributed by atoms with Crippen molar-refractivity contribution in [2.75, 3.05) is 12.8 Å². The zero-order valence-electron chi connectivity index (χ0n) is 18.9. The molecule has 8 heteroatoms. The van der Waals surface area contributed by atoms with E-state index in [2.05, 4.69) is 10.2 Å². The number of halogens is 2. The van der Waals surface area contributed by atoms with Crippen molar-refractivity contribution in [2.45, 2.75) is 24.7 Å². The predicted octanol–water partition coefficient (Wildman–Crippen LogP) is 5.58. The SMILES string of the molecule is CC(c1ccc(F)cc1)N(C)C(=O)CSc1nnc(-c2ccccc2F)n1Cc1ccccc1. The molecule has 34 heavy (non-hydrogen) atoms. The Kier molecular flexibility index (Phi) is 7.37. The highest BCUT2D eigenvalue weighted by Crippen LogP contribution is 2.28. The zero-order chi connectivity index (χ0) is 24.1. The van der Waals surface area contributed by atoms with Crippen LogP contribution in [0.1, 0.15) is 24.1 Å². The van der Waals surface area contributed by atoms with E-state index < -0.39 is 0 Å². The number of aromatic nitrogens is 3. The molecule has 1 unspecified atom stereocenters. The third kappa shape index (κ3) is 5.34. The summed E-state index contributed by atoms with van der Waals surface area (Å²) in [5, 5.41) is 9.05. The van der Waals surface area contributed by atoms with Crippen LogP contribution < -0.4 is 0 Å². The molecule has 174 valence electrons. The normalized spacial score (nSPS) is 11.9. The topological polar surface area (TPSA) is 51.0 Å². The minimum atomic E-state index is -0.385. The van der Waals surface area contributed by atoms with Crippen LogP contribution in [0.2, 0.25) is 0 Å². The first-order valence-electron chi connectivity index (χ1n) is 10.8. The van der Waals surface area contributed by atoms with Gasteiger partial charge in [-0.3, -0.25) is 9.36 Å². The Labute approximate surface area is 201 Å². The summed E-state index contributed by atoms with van der Waals surface area (Å²) in [4.78, 5) is 14.5. The van der Waals surface area contributed by atoms with Gasteiger partial charge in [0, 0.05) is 7.05 Å². The molecule has 0 saturated carbocycles. The summed E-state index contributed by atoms with van der Waals surface area (Å²) in [6.45, 7) is 2.33. The highest BCUT2D eigenvalue weighted by molar-refractivity contribution is 7.99. The molecule has 0 spiro atoms. The van der Waals surface area contributed by atoms with Gasteiger partial charge in [-0.05, 0) is 42.3 Å². The van der Waals surface area contributed by atoms with Gasteiger partial charge >= 0.3 is 0 Å². The van der Waals surface area contributed by atoms with Crippen molar-refractivity contribution in [1.82, 2.24) is 19.7 Å². The lowest BCUT2D eigenvalue weighted by molar-refractivity contribution is -0.128. The third-order valence-corrected chi connectivity index (χ3v) is 6.62. The number of carbonyl (C=O) groups excluding carboxylic acids is 1. The quantitative estimate of drug-likeness (QED) is 0.310. The number of hydrogen-bond donors (Lipinski definition) is 0. The third-order valence-electron chi connectivity index (χ3n) is 5.67. The smallest absolute Gasteiger partial charge is 0.233 e. The second-order valence-electron chi connectivity index (χ2n) is 7.88. The van der Waals surface area contributed by atoms with Crippen LogP contribution in [0, 0.1) is 11.6 Å². The first-order valence-corrected chi connectivity index (χ1v) is 11.8. The van der Waals surface area contributed by atoms with E-state index in [1.807, 2.05) is 41.8 Å². The van der Waals surface area contributed by atoms with Gasteiger partial charge in [-0.15, -0.1) is 10.2 Å². The molecule has 4 rings (SSSR count). The lowest BCUT2D eigenvalue weighted by atomic mass is 10.1. The number of rotatable bonds is 8. The molecule has 1 aromatic heterocycles. The number of hydrogen-bond acceptors (Lipinski definition) is 4. The van der Waals surface area contributed by atoms with Crippen molar-refractivity contribution in [3.63, 3.8) is 0 Å². The highest BCUT2D eigenvalue weighted by Gasteiger charge is 2.21. The van der Waals surface area contributed by atoms with Crippen LogP contribution in [0.3, 0.4) is 0 Å². The minimum Gasteiger partial charge on any atom is -0.338 e. The Hall–Kier alpha value is -3.52. The molecule has 0 bridgehead atoms. The summed E-state index contributed by atoms with van der Waals surface area (Å²) in [5.74, 6) is -0.270. The van der Waals surface area contributed by atoms with Crippen LogP contribution in [0.4, 0.5) is 8.78 Å². The molecule has 5 nitrogen and oxygen atoms in total. The first-order chi connectivity index (χ1) is 16.4. The molecule has 0 aliphatic rings. The van der Waals surface area contributed by atoms with Gasteiger partial charge in [0.2, 0.25) is 5.91 Å². The van der Waals surface area contributed by atoms with Gasteiger partial charge in [-0.25, -0.2) is 8.78 Å². The second kappa shape index (κ2) is 10.6. The molecule has 0 aliphatic carbocycles. The average Bonchev–Trinajstić information content (AvgIpc) is 3.25. The molecule has 3 aromatic carbocycles. The van der Waals surface area contributed by atoms with Gasteiger partial charge in [0.1, 0.15) is 11.6 Å². The van der Waals surface area contributed by atoms with Crippen molar-refractivity contribution < 1.29 is 13.6 Å². The fourth-order valence-corrected chi connectivity index (χ4v) is 4.42. The van der Waals surface area contributed by atoms with Gasteiger partial charge in [-0.2, -0.15) is 0 Å². The fraction of sp³-hybridized carbons (Fsp3) is 0.192. The zero-order valence-corrected chi connectivity index (χ0v) is 19.7. The summed E-state index contributed by atoms with van der Waals surface area (Å²) in [5.41, 5.74) is 2.21. The van der Waals surface area contributed by atoms with E-state index in [1.54, 1.807) is 42.3 Å².